The Hall–Kier alpha value is -2.44. The molecule has 1 atom stereocenters. The van der Waals surface area contributed by atoms with Gasteiger partial charge >= 0.3 is 6.03 Å². The predicted octanol–water partition coefficient (Wildman–Crippen LogP) is 4.37. The Labute approximate surface area is 157 Å². The van der Waals surface area contributed by atoms with Gasteiger partial charge in [0.2, 0.25) is 0 Å². The fraction of sp³-hybridized carbons (Fsp3) is 0.500. The summed E-state index contributed by atoms with van der Waals surface area (Å²) in [6.07, 6.45) is 9.54. The van der Waals surface area contributed by atoms with Crippen molar-refractivity contribution in [2.45, 2.75) is 44.6 Å². The van der Waals surface area contributed by atoms with Gasteiger partial charge < -0.3 is 14.8 Å². The Morgan fingerprint density at radius 2 is 2.07 bits per heavy atom. The number of hydrogen-bond donors (Lipinski definition) is 1. The zero-order valence-corrected chi connectivity index (χ0v) is 15.2. The van der Waals surface area contributed by atoms with Crippen LogP contribution in [-0.4, -0.2) is 33.6 Å². The third kappa shape index (κ3) is 3.96. The van der Waals surface area contributed by atoms with E-state index in [4.69, 9.17) is 0 Å². The van der Waals surface area contributed by atoms with Gasteiger partial charge in [-0.2, -0.15) is 0 Å². The first-order valence-corrected chi connectivity index (χ1v) is 9.62. The third-order valence-corrected chi connectivity index (χ3v) is 5.67. The number of anilines is 1. The molecule has 4 rings (SSSR count). The second-order valence-corrected chi connectivity index (χ2v) is 7.57. The highest BCUT2D eigenvalue weighted by molar-refractivity contribution is 5.89. The molecule has 2 fully saturated rings. The number of nitrogens with one attached hydrogen (secondary N) is 1. The summed E-state index contributed by atoms with van der Waals surface area (Å²) < 4.78 is 29.3. The minimum atomic E-state index is -0.644. The molecule has 2 aromatic rings. The van der Waals surface area contributed by atoms with E-state index in [0.717, 1.165) is 49.3 Å². The lowest BCUT2D eigenvalue weighted by Crippen LogP contribution is -2.42. The van der Waals surface area contributed by atoms with Crippen molar-refractivity contribution in [3.8, 4) is 0 Å². The molecule has 0 spiro atoms. The molecule has 1 aliphatic heterocycles. The number of likely N-dealkylation sites (tertiary alicyclic amines) is 1. The van der Waals surface area contributed by atoms with Crippen LogP contribution in [0.2, 0.25) is 0 Å². The Kier molecular flexibility index (Phi) is 5.09. The van der Waals surface area contributed by atoms with Crippen LogP contribution in [0.5, 0.6) is 0 Å². The largest absolute Gasteiger partial charge is 0.334 e. The third-order valence-electron chi connectivity index (χ3n) is 5.67. The van der Waals surface area contributed by atoms with Crippen LogP contribution in [0.3, 0.4) is 0 Å². The molecule has 1 saturated heterocycles. The van der Waals surface area contributed by atoms with E-state index < -0.39 is 17.7 Å². The van der Waals surface area contributed by atoms with Crippen LogP contribution in [-0.2, 0) is 6.54 Å². The second kappa shape index (κ2) is 7.66. The van der Waals surface area contributed by atoms with Gasteiger partial charge in [0.15, 0.2) is 0 Å². The second-order valence-electron chi connectivity index (χ2n) is 7.57. The van der Waals surface area contributed by atoms with Gasteiger partial charge in [-0.05, 0) is 43.7 Å². The number of imidazole rings is 1. The SMILES string of the molecule is O=C(Nc1cc(F)ccc1F)N1CCC[C@H](c2nccn2CC2CCC2)C1. The summed E-state index contributed by atoms with van der Waals surface area (Å²) in [5.41, 5.74) is -0.131. The lowest BCUT2D eigenvalue weighted by Gasteiger charge is -2.33. The number of benzene rings is 1. The lowest BCUT2D eigenvalue weighted by molar-refractivity contribution is 0.189. The van der Waals surface area contributed by atoms with Crippen molar-refractivity contribution in [3.63, 3.8) is 0 Å². The smallest absolute Gasteiger partial charge is 0.321 e. The number of carbonyl (C=O) groups excluding carboxylic acids is 1. The average Bonchev–Trinajstić information content (AvgIpc) is 3.10. The molecule has 2 amide bonds. The molecular weight excluding hydrogens is 350 g/mol. The number of aromatic nitrogens is 2. The van der Waals surface area contributed by atoms with Gasteiger partial charge in [-0.25, -0.2) is 18.6 Å². The normalized spacial score (nSPS) is 20.4. The van der Waals surface area contributed by atoms with Gasteiger partial charge in [0, 0.05) is 44.0 Å². The Bertz CT molecular complexity index is 818. The van der Waals surface area contributed by atoms with Crippen molar-refractivity contribution >= 4 is 11.7 Å². The Morgan fingerprint density at radius 1 is 1.22 bits per heavy atom. The standard InChI is InChI=1S/C20H24F2N4O/c21-16-6-7-17(22)18(11-16)24-20(27)26-9-2-5-15(13-26)19-23-8-10-25(19)12-14-3-1-4-14/h6-8,10-11,14-15H,1-5,9,12-13H2,(H,24,27)/t15-/m0/s1. The van der Waals surface area contributed by atoms with Gasteiger partial charge in [0.1, 0.15) is 17.5 Å². The summed E-state index contributed by atoms with van der Waals surface area (Å²) in [7, 11) is 0. The highest BCUT2D eigenvalue weighted by Gasteiger charge is 2.29. The van der Waals surface area contributed by atoms with Gasteiger partial charge in [-0.15, -0.1) is 0 Å². The van der Waals surface area contributed by atoms with E-state index in [0.29, 0.717) is 13.1 Å². The van der Waals surface area contributed by atoms with Crippen molar-refractivity contribution in [2.24, 2.45) is 5.92 Å². The zero-order chi connectivity index (χ0) is 18.8. The minimum absolute atomic E-state index is 0.131. The number of halogens is 2. The summed E-state index contributed by atoms with van der Waals surface area (Å²) >= 11 is 0. The van der Waals surface area contributed by atoms with Crippen molar-refractivity contribution in [1.29, 1.82) is 0 Å². The topological polar surface area (TPSA) is 50.2 Å². The van der Waals surface area contributed by atoms with E-state index in [1.807, 2.05) is 12.4 Å². The highest BCUT2D eigenvalue weighted by Crippen LogP contribution is 2.31. The monoisotopic (exact) mass is 374 g/mol. The molecule has 1 saturated carbocycles. The molecule has 0 radical (unpaired) electrons. The van der Waals surface area contributed by atoms with Gasteiger partial charge in [0.05, 0.1) is 5.69 Å². The van der Waals surface area contributed by atoms with E-state index in [2.05, 4.69) is 14.9 Å². The maximum atomic E-state index is 13.8. The zero-order valence-electron chi connectivity index (χ0n) is 15.2. The summed E-state index contributed by atoms with van der Waals surface area (Å²) in [4.78, 5) is 18.8. The number of urea groups is 1. The number of amides is 2. The molecular formula is C20H24F2N4O. The van der Waals surface area contributed by atoms with Crippen LogP contribution in [0.15, 0.2) is 30.6 Å². The maximum Gasteiger partial charge on any atom is 0.321 e. The molecule has 0 unspecified atom stereocenters. The van der Waals surface area contributed by atoms with Crippen molar-refractivity contribution in [3.05, 3.63) is 48.1 Å². The molecule has 1 aromatic heterocycles. The molecule has 1 N–H and O–H groups in total. The van der Waals surface area contributed by atoms with E-state index >= 15 is 0 Å². The summed E-state index contributed by atoms with van der Waals surface area (Å²) in [6.45, 7) is 2.12. The van der Waals surface area contributed by atoms with Gasteiger partial charge in [0.25, 0.3) is 0 Å². The summed E-state index contributed by atoms with van der Waals surface area (Å²) in [5, 5.41) is 2.50. The number of piperidine rings is 1. The average molecular weight is 374 g/mol. The number of hydrogen-bond acceptors (Lipinski definition) is 2. The fourth-order valence-corrected chi connectivity index (χ4v) is 3.95. The first-order chi connectivity index (χ1) is 13.1. The first kappa shape index (κ1) is 17.9. The number of rotatable bonds is 4. The van der Waals surface area contributed by atoms with Crippen LogP contribution in [0, 0.1) is 17.6 Å². The maximum absolute atomic E-state index is 13.8. The summed E-state index contributed by atoms with van der Waals surface area (Å²) in [5.74, 6) is 0.695. The highest BCUT2D eigenvalue weighted by atomic mass is 19.1. The Balaban J connectivity index is 1.42. The fourth-order valence-electron chi connectivity index (χ4n) is 3.95. The lowest BCUT2D eigenvalue weighted by atomic mass is 9.85. The van der Waals surface area contributed by atoms with Gasteiger partial charge in [-0.1, -0.05) is 6.42 Å². The van der Waals surface area contributed by atoms with Crippen molar-refractivity contribution in [2.75, 3.05) is 18.4 Å². The quantitative estimate of drug-likeness (QED) is 0.864. The van der Waals surface area contributed by atoms with E-state index in [1.54, 1.807) is 4.90 Å². The van der Waals surface area contributed by atoms with Crippen molar-refractivity contribution in [1.82, 2.24) is 14.5 Å². The molecule has 2 aliphatic rings. The Morgan fingerprint density at radius 3 is 2.85 bits per heavy atom. The molecule has 2 heterocycles. The molecule has 0 bridgehead atoms. The van der Waals surface area contributed by atoms with Crippen LogP contribution in [0.25, 0.3) is 0 Å². The van der Waals surface area contributed by atoms with E-state index in [9.17, 15) is 13.6 Å². The predicted molar refractivity (Wildman–Crippen MR) is 98.5 cm³/mol. The van der Waals surface area contributed by atoms with E-state index in [1.165, 1.54) is 19.3 Å². The molecule has 7 heteroatoms. The summed E-state index contributed by atoms with van der Waals surface area (Å²) in [6, 6.07) is 2.65. The minimum Gasteiger partial charge on any atom is -0.334 e. The van der Waals surface area contributed by atoms with Gasteiger partial charge in [-0.3, -0.25) is 0 Å². The molecule has 144 valence electrons. The molecule has 27 heavy (non-hydrogen) atoms. The molecule has 1 aromatic carbocycles. The van der Waals surface area contributed by atoms with E-state index in [-0.39, 0.29) is 11.6 Å². The van der Waals surface area contributed by atoms with Crippen molar-refractivity contribution < 1.29 is 13.6 Å². The first-order valence-electron chi connectivity index (χ1n) is 9.62. The van der Waals surface area contributed by atoms with Crippen LogP contribution < -0.4 is 5.32 Å². The molecule has 5 nitrogen and oxygen atoms in total. The number of nitrogens with zero attached hydrogens (tertiary/aromatic N) is 3. The van der Waals surface area contributed by atoms with Crippen LogP contribution in [0.4, 0.5) is 19.3 Å². The number of carbonyl (C=O) groups is 1. The van der Waals surface area contributed by atoms with Crippen LogP contribution in [0.1, 0.15) is 43.8 Å². The van der Waals surface area contributed by atoms with Crippen LogP contribution >= 0.6 is 0 Å². The molecule has 1 aliphatic carbocycles.